The van der Waals surface area contributed by atoms with E-state index < -0.39 is 11.9 Å². The van der Waals surface area contributed by atoms with Gasteiger partial charge in [0, 0.05) is 0 Å². The third kappa shape index (κ3) is 6.04. The first kappa shape index (κ1) is 21.3. The molecule has 30 heavy (non-hydrogen) atoms. The largest absolute Gasteiger partial charge is 0.456 e. The van der Waals surface area contributed by atoms with Crippen molar-refractivity contribution in [2.24, 2.45) is 5.92 Å². The van der Waals surface area contributed by atoms with E-state index in [0.29, 0.717) is 11.3 Å². The Hall–Kier alpha value is -3.41. The first-order valence-electron chi connectivity index (χ1n) is 10.1. The van der Waals surface area contributed by atoms with Crippen molar-refractivity contribution < 1.29 is 19.1 Å². The molecule has 0 saturated carbocycles. The summed E-state index contributed by atoms with van der Waals surface area (Å²) >= 11 is 0. The second-order valence-electron chi connectivity index (χ2n) is 7.33. The normalized spacial score (nSPS) is 16.0. The minimum atomic E-state index is -0.485. The molecule has 156 valence electrons. The lowest BCUT2D eigenvalue weighted by atomic mass is 10.1. The summed E-state index contributed by atoms with van der Waals surface area (Å²) in [5, 5.41) is 5.60. The molecule has 2 amide bonds. The van der Waals surface area contributed by atoms with Crippen LogP contribution in [-0.2, 0) is 14.3 Å². The highest BCUT2D eigenvalue weighted by Gasteiger charge is 2.18. The minimum Gasteiger partial charge on any atom is -0.456 e. The molecular formula is C24H26N2O4. The number of hydrogen-bond donors (Lipinski definition) is 2. The van der Waals surface area contributed by atoms with Crippen molar-refractivity contribution in [3.63, 3.8) is 0 Å². The average molecular weight is 406 g/mol. The summed E-state index contributed by atoms with van der Waals surface area (Å²) in [5.74, 6) is -0.991. The molecule has 0 unspecified atom stereocenters. The van der Waals surface area contributed by atoms with Crippen molar-refractivity contribution in [3.8, 4) is 0 Å². The lowest BCUT2D eigenvalue weighted by Gasteiger charge is -2.16. The Labute approximate surface area is 176 Å². The molecule has 0 spiro atoms. The van der Waals surface area contributed by atoms with Crippen molar-refractivity contribution >= 4 is 23.5 Å². The van der Waals surface area contributed by atoms with Gasteiger partial charge in [0.15, 0.2) is 6.61 Å². The van der Waals surface area contributed by atoms with Crippen LogP contribution >= 0.6 is 0 Å². The van der Waals surface area contributed by atoms with Crippen molar-refractivity contribution in [1.82, 2.24) is 5.32 Å². The predicted octanol–water partition coefficient (Wildman–Crippen LogP) is 4.02. The summed E-state index contributed by atoms with van der Waals surface area (Å²) in [6.45, 7) is 1.51. The highest BCUT2D eigenvalue weighted by Crippen LogP contribution is 2.21. The number of benzene rings is 2. The number of amides is 2. The van der Waals surface area contributed by atoms with Crippen molar-refractivity contribution in [1.29, 1.82) is 0 Å². The maximum atomic E-state index is 12.7. The lowest BCUT2D eigenvalue weighted by Crippen LogP contribution is -2.28. The number of anilines is 1. The molecule has 2 aromatic rings. The zero-order valence-corrected chi connectivity index (χ0v) is 17.0. The van der Waals surface area contributed by atoms with E-state index in [9.17, 15) is 14.4 Å². The topological polar surface area (TPSA) is 84.5 Å². The van der Waals surface area contributed by atoms with Gasteiger partial charge in [-0.2, -0.15) is 0 Å². The molecule has 6 nitrogen and oxygen atoms in total. The van der Waals surface area contributed by atoms with Gasteiger partial charge < -0.3 is 15.4 Å². The fraction of sp³-hybridized carbons (Fsp3) is 0.292. The molecule has 0 heterocycles. The molecule has 0 saturated heterocycles. The highest BCUT2D eigenvalue weighted by atomic mass is 16.5. The molecule has 0 aromatic heterocycles. The fourth-order valence-corrected chi connectivity index (χ4v) is 3.36. The van der Waals surface area contributed by atoms with Crippen molar-refractivity contribution in [2.45, 2.75) is 32.2 Å². The maximum Gasteiger partial charge on any atom is 0.306 e. The van der Waals surface area contributed by atoms with Gasteiger partial charge in [-0.25, -0.2) is 0 Å². The standard InChI is InChI=1S/C24H26N2O4/c1-17(19-11-3-2-4-12-19)25-24(29)20-13-7-8-14-21(20)26-22(27)16-30-23(28)15-18-9-5-6-10-18/h2-5,7-9,11-14,17-18H,6,10,15-16H2,1H3,(H,25,29)(H,26,27)/t17-,18+/m1/s1. The zero-order chi connectivity index (χ0) is 21.3. The number of allylic oxidation sites excluding steroid dienone is 2. The molecular weight excluding hydrogens is 380 g/mol. The van der Waals surface area contributed by atoms with E-state index in [1.165, 1.54) is 0 Å². The molecule has 1 aliphatic rings. The highest BCUT2D eigenvalue weighted by molar-refractivity contribution is 6.04. The number of rotatable bonds is 8. The van der Waals surface area contributed by atoms with Crippen LogP contribution in [0.15, 0.2) is 66.7 Å². The predicted molar refractivity (Wildman–Crippen MR) is 115 cm³/mol. The number of esters is 1. The van der Waals surface area contributed by atoms with Gasteiger partial charge in [0.1, 0.15) is 0 Å². The number of nitrogens with one attached hydrogen (secondary N) is 2. The van der Waals surface area contributed by atoms with E-state index in [1.807, 2.05) is 49.4 Å². The molecule has 1 aliphatic carbocycles. The fourth-order valence-electron chi connectivity index (χ4n) is 3.36. The third-order valence-corrected chi connectivity index (χ3v) is 5.00. The number of carbonyl (C=O) groups excluding carboxylic acids is 3. The zero-order valence-electron chi connectivity index (χ0n) is 17.0. The van der Waals surface area contributed by atoms with E-state index in [2.05, 4.69) is 10.6 Å². The smallest absolute Gasteiger partial charge is 0.306 e. The molecule has 0 fully saturated rings. The van der Waals surface area contributed by atoms with Crippen LogP contribution < -0.4 is 10.6 Å². The van der Waals surface area contributed by atoms with Gasteiger partial charge in [-0.1, -0.05) is 54.6 Å². The minimum absolute atomic E-state index is 0.187. The quantitative estimate of drug-likeness (QED) is 0.512. The SMILES string of the molecule is C[C@@H](NC(=O)c1ccccc1NC(=O)COC(=O)C[C@H]1C=CCC1)c1ccccc1. The van der Waals surface area contributed by atoms with Gasteiger partial charge in [0.2, 0.25) is 0 Å². The Kier molecular flexibility index (Phi) is 7.38. The van der Waals surface area contributed by atoms with Gasteiger partial charge in [-0.05, 0) is 43.4 Å². The average Bonchev–Trinajstić information content (AvgIpc) is 3.26. The first-order valence-corrected chi connectivity index (χ1v) is 10.1. The number of para-hydroxylation sites is 1. The Morgan fingerprint density at radius 3 is 2.53 bits per heavy atom. The summed E-state index contributed by atoms with van der Waals surface area (Å²) in [5.41, 5.74) is 1.70. The number of hydrogen-bond acceptors (Lipinski definition) is 4. The van der Waals surface area contributed by atoms with Crippen molar-refractivity contribution in [3.05, 3.63) is 77.9 Å². The van der Waals surface area contributed by atoms with Gasteiger partial charge >= 0.3 is 5.97 Å². The summed E-state index contributed by atoms with van der Waals surface area (Å²) in [7, 11) is 0. The van der Waals surface area contributed by atoms with E-state index in [-0.39, 0.29) is 30.9 Å². The van der Waals surface area contributed by atoms with Gasteiger partial charge in [0.25, 0.3) is 11.8 Å². The lowest BCUT2D eigenvalue weighted by molar-refractivity contribution is -0.147. The molecule has 3 rings (SSSR count). The Bertz CT molecular complexity index is 924. The second kappa shape index (κ2) is 10.4. The molecule has 0 bridgehead atoms. The Morgan fingerprint density at radius 2 is 1.80 bits per heavy atom. The van der Waals surface area contributed by atoms with Crippen LogP contribution in [0.1, 0.15) is 48.1 Å². The van der Waals surface area contributed by atoms with Crippen molar-refractivity contribution in [2.75, 3.05) is 11.9 Å². The van der Waals surface area contributed by atoms with Gasteiger partial charge in [-0.3, -0.25) is 14.4 Å². The van der Waals surface area contributed by atoms with Crippen LogP contribution in [0.25, 0.3) is 0 Å². The van der Waals surface area contributed by atoms with Crippen LogP contribution in [0.5, 0.6) is 0 Å². The van der Waals surface area contributed by atoms with E-state index in [4.69, 9.17) is 4.74 Å². The van der Waals surface area contributed by atoms with Crippen LogP contribution in [-0.4, -0.2) is 24.4 Å². The Morgan fingerprint density at radius 1 is 1.07 bits per heavy atom. The van der Waals surface area contributed by atoms with Crippen LogP contribution in [0.4, 0.5) is 5.69 Å². The van der Waals surface area contributed by atoms with Crippen LogP contribution in [0.3, 0.4) is 0 Å². The summed E-state index contributed by atoms with van der Waals surface area (Å²) in [4.78, 5) is 36.9. The maximum absolute atomic E-state index is 12.7. The molecule has 2 atom stereocenters. The molecule has 6 heteroatoms. The summed E-state index contributed by atoms with van der Waals surface area (Å²) in [6, 6.07) is 16.2. The van der Waals surface area contributed by atoms with Crippen LogP contribution in [0, 0.1) is 5.92 Å². The van der Waals surface area contributed by atoms with E-state index in [0.717, 1.165) is 18.4 Å². The van der Waals surface area contributed by atoms with Gasteiger partial charge in [0.05, 0.1) is 23.7 Å². The molecule has 2 N–H and O–H groups in total. The number of ether oxygens (including phenoxy) is 1. The van der Waals surface area contributed by atoms with E-state index in [1.54, 1.807) is 24.3 Å². The molecule has 0 radical (unpaired) electrons. The summed E-state index contributed by atoms with van der Waals surface area (Å²) in [6.07, 6.45) is 6.24. The first-order chi connectivity index (χ1) is 14.5. The summed E-state index contributed by atoms with van der Waals surface area (Å²) < 4.78 is 5.08. The van der Waals surface area contributed by atoms with E-state index >= 15 is 0 Å². The molecule has 2 aromatic carbocycles. The Balaban J connectivity index is 1.55. The second-order valence-corrected chi connectivity index (χ2v) is 7.33. The monoisotopic (exact) mass is 406 g/mol. The molecule has 0 aliphatic heterocycles. The van der Waals surface area contributed by atoms with Gasteiger partial charge in [-0.15, -0.1) is 0 Å². The van der Waals surface area contributed by atoms with Crippen LogP contribution in [0.2, 0.25) is 0 Å². The number of carbonyl (C=O) groups is 3. The third-order valence-electron chi connectivity index (χ3n) is 5.00.